The number of rotatable bonds is 2. The molecule has 10 heteroatoms. The van der Waals surface area contributed by atoms with Gasteiger partial charge in [0.05, 0.1) is 16.9 Å². The van der Waals surface area contributed by atoms with Crippen LogP contribution in [0.1, 0.15) is 44.1 Å². The predicted octanol–water partition coefficient (Wildman–Crippen LogP) is -0.604. The van der Waals surface area contributed by atoms with Gasteiger partial charge in [0.1, 0.15) is 28.8 Å². The number of esters is 1. The lowest BCUT2D eigenvalue weighted by molar-refractivity contribution is -0.206. The fraction of sp³-hybridized carbons (Fsp3) is 0.364. The Labute approximate surface area is 179 Å². The molecule has 4 unspecified atom stereocenters. The molecule has 0 saturated heterocycles. The van der Waals surface area contributed by atoms with E-state index in [1.165, 1.54) is 32.0 Å². The van der Waals surface area contributed by atoms with Crippen LogP contribution < -0.4 is 16.2 Å². The Kier molecular flexibility index (Phi) is 4.80. The van der Waals surface area contributed by atoms with Crippen LogP contribution >= 0.6 is 0 Å². The normalized spacial score (nSPS) is 25.2. The molecule has 10 nitrogen and oxygen atoms in total. The van der Waals surface area contributed by atoms with Crippen LogP contribution in [0.5, 0.6) is 5.75 Å². The lowest BCUT2D eigenvalue weighted by Gasteiger charge is -2.42. The quantitative estimate of drug-likeness (QED) is 0.232. The summed E-state index contributed by atoms with van der Waals surface area (Å²) in [7, 11) is 0. The van der Waals surface area contributed by atoms with E-state index in [-0.39, 0.29) is 27.1 Å². The Morgan fingerprint density at radius 1 is 1.16 bits per heavy atom. The van der Waals surface area contributed by atoms with Crippen molar-refractivity contribution in [2.75, 3.05) is 0 Å². The van der Waals surface area contributed by atoms with Crippen LogP contribution in [0, 0.1) is 16.4 Å². The van der Waals surface area contributed by atoms with Crippen molar-refractivity contribution >= 4 is 16.7 Å². The first-order valence-corrected chi connectivity index (χ1v) is 9.86. The van der Waals surface area contributed by atoms with Crippen molar-refractivity contribution in [2.45, 2.75) is 44.7 Å². The molecule has 0 aromatic heterocycles. The molecule has 0 bridgehead atoms. The smallest absolute Gasteiger partial charge is 0.334 e. The van der Waals surface area contributed by atoms with Gasteiger partial charge >= 0.3 is 11.3 Å². The van der Waals surface area contributed by atoms with Gasteiger partial charge in [0.2, 0.25) is 5.43 Å². The molecule has 4 N–H and O–H groups in total. The van der Waals surface area contributed by atoms with Crippen molar-refractivity contribution in [3.8, 4) is 5.75 Å². The highest BCUT2D eigenvalue weighted by atomic mass is 16.6. The SMILES string of the molecule is CC(C)C(=O)OC1c2c(c3c(=O)c4cccc(O)c4c(=O)c=3c2=[N+]=[N-])C(O)C(O)C1(C)O. The van der Waals surface area contributed by atoms with Gasteiger partial charge in [0, 0.05) is 16.2 Å². The van der Waals surface area contributed by atoms with E-state index < -0.39 is 63.0 Å². The molecule has 3 aliphatic carbocycles. The second-order valence-corrected chi connectivity index (χ2v) is 8.47. The van der Waals surface area contributed by atoms with Gasteiger partial charge in [0.15, 0.2) is 11.5 Å². The molecular weight excluding hydrogens is 420 g/mol. The van der Waals surface area contributed by atoms with Crippen molar-refractivity contribution in [2.24, 2.45) is 5.92 Å². The third kappa shape index (κ3) is 2.68. The summed E-state index contributed by atoms with van der Waals surface area (Å²) in [5.41, 5.74) is 5.36. The van der Waals surface area contributed by atoms with Gasteiger partial charge in [-0.15, -0.1) is 0 Å². The second kappa shape index (κ2) is 7.04. The Morgan fingerprint density at radius 3 is 2.41 bits per heavy atom. The van der Waals surface area contributed by atoms with E-state index in [9.17, 15) is 40.3 Å². The van der Waals surface area contributed by atoms with Crippen molar-refractivity contribution in [1.29, 1.82) is 0 Å². The van der Waals surface area contributed by atoms with Gasteiger partial charge in [0.25, 0.3) is 0 Å². The van der Waals surface area contributed by atoms with Gasteiger partial charge in [-0.3, -0.25) is 14.4 Å². The van der Waals surface area contributed by atoms with E-state index in [1.807, 2.05) is 0 Å². The maximum Gasteiger partial charge on any atom is 0.334 e. The molecule has 0 amide bonds. The molecule has 0 radical (unpaired) electrons. The number of carbonyl (C=O) groups is 1. The van der Waals surface area contributed by atoms with Crippen LogP contribution in [-0.4, -0.2) is 42.9 Å². The van der Waals surface area contributed by atoms with Crippen LogP contribution in [0.4, 0.5) is 0 Å². The first-order valence-electron chi connectivity index (χ1n) is 9.86. The Hall–Kier alpha value is -3.43. The largest absolute Gasteiger partial charge is 0.507 e. The molecule has 32 heavy (non-hydrogen) atoms. The molecular formula is C22H20N2O8. The maximum absolute atomic E-state index is 13.3. The monoisotopic (exact) mass is 440 g/mol. The number of carbonyl (C=O) groups excluding carboxylic acids is 1. The topological polar surface area (TPSA) is 178 Å². The number of aliphatic hydroxyl groups excluding tert-OH is 2. The zero-order valence-electron chi connectivity index (χ0n) is 17.4. The van der Waals surface area contributed by atoms with Gasteiger partial charge in [-0.25, -0.2) is 0 Å². The Bertz CT molecular complexity index is 1530. The molecule has 166 valence electrons. The van der Waals surface area contributed by atoms with Gasteiger partial charge in [-0.2, -0.15) is 4.79 Å². The highest BCUT2D eigenvalue weighted by molar-refractivity contribution is 5.88. The minimum atomic E-state index is -2.26. The molecule has 1 aromatic rings. The number of benzene rings is 1. The molecule has 4 atom stereocenters. The summed E-state index contributed by atoms with van der Waals surface area (Å²) in [5, 5.41) is 40.9. The van der Waals surface area contributed by atoms with E-state index in [0.717, 1.165) is 6.92 Å². The molecule has 0 saturated carbocycles. The highest BCUT2D eigenvalue weighted by Gasteiger charge is 2.55. The Morgan fingerprint density at radius 2 is 1.81 bits per heavy atom. The zero-order valence-corrected chi connectivity index (χ0v) is 17.4. The minimum Gasteiger partial charge on any atom is -0.507 e. The second-order valence-electron chi connectivity index (χ2n) is 8.47. The van der Waals surface area contributed by atoms with E-state index in [1.54, 1.807) is 0 Å². The Balaban J connectivity index is 2.28. The average Bonchev–Trinajstić information content (AvgIpc) is 3.08. The number of hydrogen-bond acceptors (Lipinski definition) is 8. The van der Waals surface area contributed by atoms with Gasteiger partial charge in [-0.05, 0) is 13.0 Å². The lowest BCUT2D eigenvalue weighted by Crippen LogP contribution is -2.54. The zero-order chi connectivity index (χ0) is 23.7. The van der Waals surface area contributed by atoms with Crippen molar-refractivity contribution < 1.29 is 34.7 Å². The number of phenolic OH excluding ortho intramolecular Hbond substituents is 1. The first kappa shape index (κ1) is 21.8. The summed E-state index contributed by atoms with van der Waals surface area (Å²) in [6, 6.07) is 3.88. The fourth-order valence-electron chi connectivity index (χ4n) is 4.37. The van der Waals surface area contributed by atoms with Crippen LogP contribution in [0.15, 0.2) is 27.8 Å². The third-order valence-electron chi connectivity index (χ3n) is 6.06. The van der Waals surface area contributed by atoms with E-state index >= 15 is 0 Å². The van der Waals surface area contributed by atoms with Gasteiger partial charge in [-0.1, -0.05) is 26.0 Å². The van der Waals surface area contributed by atoms with Crippen LogP contribution in [-0.2, 0) is 9.53 Å². The summed E-state index contributed by atoms with van der Waals surface area (Å²) >= 11 is 0. The maximum atomic E-state index is 13.3. The lowest BCUT2D eigenvalue weighted by atomic mass is 9.76. The summed E-state index contributed by atoms with van der Waals surface area (Å²) in [5.74, 6) is -1.88. The van der Waals surface area contributed by atoms with Crippen LogP contribution in [0.3, 0.4) is 0 Å². The predicted molar refractivity (Wildman–Crippen MR) is 108 cm³/mol. The molecule has 3 aliphatic rings. The number of phenols is 1. The average molecular weight is 440 g/mol. The van der Waals surface area contributed by atoms with Crippen LogP contribution in [0.25, 0.3) is 16.3 Å². The third-order valence-corrected chi connectivity index (χ3v) is 6.06. The van der Waals surface area contributed by atoms with Gasteiger partial charge < -0.3 is 30.7 Å². The minimum absolute atomic E-state index is 0.144. The number of aliphatic hydroxyl groups is 3. The fourth-order valence-corrected chi connectivity index (χ4v) is 4.37. The molecule has 0 aliphatic heterocycles. The highest BCUT2D eigenvalue weighted by Crippen LogP contribution is 2.44. The van der Waals surface area contributed by atoms with Crippen molar-refractivity contribution in [3.63, 3.8) is 0 Å². The summed E-state index contributed by atoms with van der Waals surface area (Å²) < 4.78 is 5.40. The van der Waals surface area contributed by atoms with E-state index in [2.05, 4.69) is 4.79 Å². The molecule has 0 heterocycles. The van der Waals surface area contributed by atoms with Crippen LogP contribution in [0.2, 0.25) is 0 Å². The van der Waals surface area contributed by atoms with E-state index in [0.29, 0.717) is 0 Å². The number of hydrogen-bond donors (Lipinski definition) is 4. The number of aromatic hydroxyl groups is 1. The standard InChI is InChI=1S/C22H20N2O8/c1-7(2)21(30)32-20-14-12(18(28)19(29)22(20,3)31)11-13(15(14)24-23)17(27)10-8(16(11)26)5-4-6-9(10)25/h4-7,18-20,25,28-29,31H,1-3H3. The van der Waals surface area contributed by atoms with Crippen molar-refractivity contribution in [1.82, 2.24) is 0 Å². The summed E-state index contributed by atoms with van der Waals surface area (Å²) in [4.78, 5) is 42.0. The summed E-state index contributed by atoms with van der Waals surface area (Å²) in [6.07, 6.45) is -5.44. The van der Waals surface area contributed by atoms with Crippen molar-refractivity contribution in [3.05, 3.63) is 71.1 Å². The molecule has 4 rings (SSSR count). The molecule has 1 aromatic carbocycles. The molecule has 0 fully saturated rings. The number of ether oxygens (including phenoxy) is 1. The number of nitrogens with zero attached hydrogens (tertiary/aromatic N) is 2. The summed E-state index contributed by atoms with van der Waals surface area (Å²) in [6.45, 7) is 4.18. The van der Waals surface area contributed by atoms with E-state index in [4.69, 9.17) is 4.74 Å². The molecule has 0 spiro atoms. The number of fused-ring (bicyclic) bond motifs is 3. The first-order chi connectivity index (χ1) is 14.9.